The van der Waals surface area contributed by atoms with Gasteiger partial charge in [0.15, 0.2) is 0 Å². The predicted molar refractivity (Wildman–Crippen MR) is 240 cm³/mol. The summed E-state index contributed by atoms with van der Waals surface area (Å²) in [6.07, 6.45) is 0. The average molecular weight is 722 g/mol. The van der Waals surface area contributed by atoms with E-state index < -0.39 is 0 Å². The van der Waals surface area contributed by atoms with Gasteiger partial charge < -0.3 is 13.9 Å². The largest absolute Gasteiger partial charge is 0.308 e. The van der Waals surface area contributed by atoms with Gasteiger partial charge in [-0.2, -0.15) is 0 Å². The van der Waals surface area contributed by atoms with E-state index in [1.54, 1.807) is 0 Å². The van der Waals surface area contributed by atoms with Gasteiger partial charge >= 0.3 is 0 Å². The van der Waals surface area contributed by atoms with Gasteiger partial charge in [0.05, 0.1) is 44.6 Å². The summed E-state index contributed by atoms with van der Waals surface area (Å²) in [6, 6.07) is 75.2. The van der Waals surface area contributed by atoms with Crippen LogP contribution in [-0.4, -0.2) is 8.97 Å². The third-order valence-corrected chi connectivity index (χ3v) is 12.3. The molecular formula is C54H31N3. The highest BCUT2D eigenvalue weighted by Crippen LogP contribution is 2.49. The van der Waals surface area contributed by atoms with Crippen molar-refractivity contribution in [1.29, 1.82) is 0 Å². The van der Waals surface area contributed by atoms with Crippen molar-refractivity contribution in [3.63, 3.8) is 0 Å². The molecule has 3 heteroatoms. The molecule has 262 valence electrons. The van der Waals surface area contributed by atoms with Crippen LogP contribution < -0.4 is 4.90 Å². The molecule has 0 radical (unpaired) electrons. The summed E-state index contributed by atoms with van der Waals surface area (Å²) in [7, 11) is 0. The Kier molecular flexibility index (Phi) is 6.09. The van der Waals surface area contributed by atoms with Crippen molar-refractivity contribution in [2.45, 2.75) is 0 Å². The van der Waals surface area contributed by atoms with Crippen LogP contribution in [-0.2, 0) is 0 Å². The Hall–Kier alpha value is -7.80. The Morgan fingerprint density at radius 3 is 1.65 bits per heavy atom. The van der Waals surface area contributed by atoms with Crippen molar-refractivity contribution in [1.82, 2.24) is 8.97 Å². The summed E-state index contributed by atoms with van der Waals surface area (Å²) in [4.78, 5) is 2.53. The quantitative estimate of drug-likeness (QED) is 0.165. The van der Waals surface area contributed by atoms with E-state index in [1.165, 1.54) is 81.2 Å². The minimum Gasteiger partial charge on any atom is -0.308 e. The Morgan fingerprint density at radius 2 is 0.912 bits per heavy atom. The van der Waals surface area contributed by atoms with Crippen molar-refractivity contribution >= 4 is 109 Å². The third kappa shape index (κ3) is 4.06. The van der Waals surface area contributed by atoms with Gasteiger partial charge in [0, 0.05) is 44.1 Å². The van der Waals surface area contributed by atoms with Gasteiger partial charge in [-0.1, -0.05) is 140 Å². The van der Waals surface area contributed by atoms with Crippen molar-refractivity contribution in [3.05, 3.63) is 200 Å². The second-order valence-corrected chi connectivity index (χ2v) is 15.1. The normalized spacial score (nSPS) is 12.1. The van der Waals surface area contributed by atoms with E-state index in [0.29, 0.717) is 0 Å². The SMILES string of the molecule is c1ccc(-n2c3ccccc3c3c(N(c4ccc5c6ccccc6c6ccccc6c5c4)c4cccc5c6cccc7c8ccccc8n(c45)c76)cccc32)cc#1. The molecule has 13 rings (SSSR count). The highest BCUT2D eigenvalue weighted by atomic mass is 15.2. The minimum atomic E-state index is 1.06. The first kappa shape index (κ1) is 30.5. The topological polar surface area (TPSA) is 12.6 Å². The zero-order valence-electron chi connectivity index (χ0n) is 30.7. The monoisotopic (exact) mass is 721 g/mol. The summed E-state index contributed by atoms with van der Waals surface area (Å²) in [6.45, 7) is 0. The lowest BCUT2D eigenvalue weighted by molar-refractivity contribution is 1.18. The van der Waals surface area contributed by atoms with Crippen LogP contribution in [0.1, 0.15) is 0 Å². The van der Waals surface area contributed by atoms with Crippen molar-refractivity contribution in [2.75, 3.05) is 4.90 Å². The Morgan fingerprint density at radius 1 is 0.368 bits per heavy atom. The lowest BCUT2D eigenvalue weighted by Gasteiger charge is -2.28. The lowest BCUT2D eigenvalue weighted by atomic mass is 9.94. The van der Waals surface area contributed by atoms with E-state index in [0.717, 1.165) is 33.8 Å². The van der Waals surface area contributed by atoms with E-state index in [-0.39, 0.29) is 0 Å². The molecule has 0 saturated heterocycles. The summed E-state index contributed by atoms with van der Waals surface area (Å²) in [5.74, 6) is 0. The molecule has 0 spiro atoms. The molecule has 0 atom stereocenters. The van der Waals surface area contributed by atoms with Crippen LogP contribution in [0.4, 0.5) is 17.1 Å². The molecule has 0 saturated carbocycles. The van der Waals surface area contributed by atoms with E-state index >= 15 is 0 Å². The number of aromatic nitrogens is 2. The second kappa shape index (κ2) is 11.4. The standard InChI is InChI=1S/C54H31N3/c1-2-15-34(16-3-1)55-48-27-11-9-22-45(48)52-49(55)28-14-29-50(52)56(35-31-32-40-38-19-5-4-17-36(38)37-18-6-7-20-39(37)46(40)33-35)51-30-13-25-44-43-24-12-23-42-41-21-8-10-26-47(41)57(53(42)43)54(44)51/h2,4-33H. The number of fused-ring (bicyclic) bond motifs is 15. The number of hydrogen-bond acceptors (Lipinski definition) is 1. The van der Waals surface area contributed by atoms with Crippen LogP contribution in [0.5, 0.6) is 0 Å². The zero-order valence-corrected chi connectivity index (χ0v) is 30.7. The number of benzene rings is 9. The number of nitrogens with zero attached hydrogens (tertiary/aromatic N) is 3. The van der Waals surface area contributed by atoms with Crippen molar-refractivity contribution in [3.8, 4) is 5.69 Å². The Balaban J connectivity index is 1.21. The smallest absolute Gasteiger partial charge is 0.0782 e. The van der Waals surface area contributed by atoms with Crippen LogP contribution in [0.15, 0.2) is 188 Å². The Bertz CT molecular complexity index is 3720. The molecule has 0 fully saturated rings. The van der Waals surface area contributed by atoms with Crippen LogP contribution in [0.2, 0.25) is 0 Å². The van der Waals surface area contributed by atoms with Crippen LogP contribution in [0, 0.1) is 12.1 Å². The zero-order chi connectivity index (χ0) is 37.2. The average Bonchev–Trinajstić information content (AvgIpc) is 3.93. The summed E-state index contributed by atoms with van der Waals surface area (Å²) in [5.41, 5.74) is 10.4. The molecule has 3 heterocycles. The van der Waals surface area contributed by atoms with Crippen LogP contribution in [0.3, 0.4) is 0 Å². The maximum Gasteiger partial charge on any atom is 0.0782 e. The summed E-state index contributed by atoms with van der Waals surface area (Å²) in [5, 5.41) is 15.0. The third-order valence-electron chi connectivity index (χ3n) is 12.3. The van der Waals surface area contributed by atoms with Gasteiger partial charge in [0.2, 0.25) is 0 Å². The first-order valence-electron chi connectivity index (χ1n) is 19.5. The number of para-hydroxylation sites is 4. The molecule has 0 N–H and O–H groups in total. The Labute approximate surface area is 327 Å². The van der Waals surface area contributed by atoms with E-state index in [4.69, 9.17) is 0 Å². The number of anilines is 3. The van der Waals surface area contributed by atoms with Gasteiger partial charge in [0.1, 0.15) is 0 Å². The molecular weight excluding hydrogens is 691 g/mol. The molecule has 0 bridgehead atoms. The van der Waals surface area contributed by atoms with Gasteiger partial charge in [-0.3, -0.25) is 0 Å². The highest BCUT2D eigenvalue weighted by molar-refractivity contribution is 6.28. The summed E-state index contributed by atoms with van der Waals surface area (Å²) >= 11 is 0. The maximum absolute atomic E-state index is 3.21. The minimum absolute atomic E-state index is 1.06. The number of hydrogen-bond donors (Lipinski definition) is 0. The molecule has 0 unspecified atom stereocenters. The molecule has 10 aromatic carbocycles. The predicted octanol–water partition coefficient (Wildman–Crippen LogP) is 14.5. The molecule has 3 nitrogen and oxygen atoms in total. The first-order chi connectivity index (χ1) is 28.3. The van der Waals surface area contributed by atoms with Gasteiger partial charge in [0.25, 0.3) is 0 Å². The maximum atomic E-state index is 3.21. The molecule has 0 aliphatic heterocycles. The lowest BCUT2D eigenvalue weighted by Crippen LogP contribution is -2.11. The van der Waals surface area contributed by atoms with Crippen molar-refractivity contribution in [2.24, 2.45) is 0 Å². The number of rotatable bonds is 4. The molecule has 0 amide bonds. The second-order valence-electron chi connectivity index (χ2n) is 15.1. The fourth-order valence-electron chi connectivity index (χ4n) is 10.0. The van der Waals surface area contributed by atoms with E-state index in [1.807, 2.05) is 12.1 Å². The molecule has 3 aromatic heterocycles. The highest BCUT2D eigenvalue weighted by Gasteiger charge is 2.26. The van der Waals surface area contributed by atoms with E-state index in [2.05, 4.69) is 202 Å². The molecule has 0 aliphatic rings. The molecule has 13 aromatic rings. The molecule has 57 heavy (non-hydrogen) atoms. The van der Waals surface area contributed by atoms with Gasteiger partial charge in [-0.15, -0.1) is 0 Å². The van der Waals surface area contributed by atoms with Crippen LogP contribution in [0.25, 0.3) is 97.9 Å². The van der Waals surface area contributed by atoms with Crippen LogP contribution >= 0.6 is 0 Å². The fraction of sp³-hybridized carbons (Fsp3) is 0. The van der Waals surface area contributed by atoms with Gasteiger partial charge in [-0.25, -0.2) is 0 Å². The van der Waals surface area contributed by atoms with E-state index in [9.17, 15) is 0 Å². The summed E-state index contributed by atoms with van der Waals surface area (Å²) < 4.78 is 4.88. The fourth-order valence-corrected chi connectivity index (χ4v) is 10.0. The van der Waals surface area contributed by atoms with Crippen molar-refractivity contribution < 1.29 is 0 Å². The van der Waals surface area contributed by atoms with Gasteiger partial charge in [-0.05, 0) is 86.9 Å². The first-order valence-corrected chi connectivity index (χ1v) is 19.5. The molecule has 0 aliphatic carbocycles.